The predicted molar refractivity (Wildman–Crippen MR) is 86.0 cm³/mol. The fraction of sp³-hybridized carbons (Fsp3) is 0.222. The molecule has 1 N–H and O–H groups in total. The summed E-state index contributed by atoms with van der Waals surface area (Å²) in [5, 5.41) is 7.54. The van der Waals surface area contributed by atoms with E-state index in [2.05, 4.69) is 20.1 Å². The maximum atomic E-state index is 13.5. The summed E-state index contributed by atoms with van der Waals surface area (Å²) >= 11 is 0. The fourth-order valence-electron chi connectivity index (χ4n) is 3.11. The molecule has 0 atom stereocenters. The molecular formula is C18H17FN4. The summed E-state index contributed by atoms with van der Waals surface area (Å²) in [6, 6.07) is 10.7. The normalized spacial score (nSPS) is 14.7. The Bertz CT molecular complexity index is 813. The third-order valence-electron chi connectivity index (χ3n) is 4.27. The van der Waals surface area contributed by atoms with Gasteiger partial charge in [-0.1, -0.05) is 12.1 Å². The van der Waals surface area contributed by atoms with Gasteiger partial charge in [-0.2, -0.15) is 5.10 Å². The molecule has 0 unspecified atom stereocenters. The fourth-order valence-corrected chi connectivity index (χ4v) is 3.11. The maximum Gasteiger partial charge on any atom is 0.123 e. The van der Waals surface area contributed by atoms with Gasteiger partial charge in [0.2, 0.25) is 0 Å². The van der Waals surface area contributed by atoms with Gasteiger partial charge < -0.3 is 0 Å². The van der Waals surface area contributed by atoms with Crippen LogP contribution in [0.15, 0.2) is 48.8 Å². The van der Waals surface area contributed by atoms with E-state index in [4.69, 9.17) is 0 Å². The molecule has 0 aliphatic carbocycles. The van der Waals surface area contributed by atoms with Crippen LogP contribution in [-0.4, -0.2) is 26.6 Å². The van der Waals surface area contributed by atoms with E-state index >= 15 is 0 Å². The van der Waals surface area contributed by atoms with Gasteiger partial charge in [0.05, 0.1) is 5.69 Å². The van der Waals surface area contributed by atoms with Crippen molar-refractivity contribution in [2.45, 2.75) is 19.5 Å². The second kappa shape index (κ2) is 5.93. The summed E-state index contributed by atoms with van der Waals surface area (Å²) in [7, 11) is 0. The van der Waals surface area contributed by atoms with E-state index in [0.717, 1.165) is 43.0 Å². The quantitative estimate of drug-likeness (QED) is 0.808. The smallest absolute Gasteiger partial charge is 0.123 e. The van der Waals surface area contributed by atoms with Crippen molar-refractivity contribution < 1.29 is 4.39 Å². The lowest BCUT2D eigenvalue weighted by Crippen LogP contribution is -2.30. The van der Waals surface area contributed by atoms with Crippen molar-refractivity contribution in [3.63, 3.8) is 0 Å². The number of pyridine rings is 1. The van der Waals surface area contributed by atoms with Crippen molar-refractivity contribution in [1.82, 2.24) is 20.1 Å². The molecule has 3 aromatic rings. The number of H-pyrrole nitrogens is 1. The SMILES string of the molecule is Fc1cccc(-c2n[nH]c3c2CN(Cc2ccncc2)CC3)c1. The molecule has 23 heavy (non-hydrogen) atoms. The predicted octanol–water partition coefficient (Wildman–Crippen LogP) is 3.17. The minimum absolute atomic E-state index is 0.233. The molecule has 0 spiro atoms. The number of hydrogen-bond donors (Lipinski definition) is 1. The van der Waals surface area contributed by atoms with Crippen LogP contribution in [0.1, 0.15) is 16.8 Å². The van der Waals surface area contributed by atoms with Gasteiger partial charge in [-0.05, 0) is 29.8 Å². The molecule has 0 saturated heterocycles. The molecule has 2 aromatic heterocycles. The average Bonchev–Trinajstić information content (AvgIpc) is 2.99. The van der Waals surface area contributed by atoms with Crippen molar-refractivity contribution in [3.05, 3.63) is 71.4 Å². The number of nitrogens with one attached hydrogen (secondary N) is 1. The number of aromatic amines is 1. The highest BCUT2D eigenvalue weighted by molar-refractivity contribution is 5.64. The molecule has 3 heterocycles. The monoisotopic (exact) mass is 308 g/mol. The van der Waals surface area contributed by atoms with Crippen LogP contribution >= 0.6 is 0 Å². The standard InChI is InChI=1S/C18H17FN4/c19-15-3-1-2-14(10-15)18-16-12-23(9-6-17(16)21-22-18)11-13-4-7-20-8-5-13/h1-5,7-8,10H,6,9,11-12H2,(H,21,22). The molecule has 0 saturated carbocycles. The van der Waals surface area contributed by atoms with E-state index in [9.17, 15) is 4.39 Å². The Hall–Kier alpha value is -2.53. The Morgan fingerprint density at radius 3 is 2.87 bits per heavy atom. The zero-order valence-corrected chi connectivity index (χ0v) is 12.7. The van der Waals surface area contributed by atoms with E-state index < -0.39 is 0 Å². The lowest BCUT2D eigenvalue weighted by molar-refractivity contribution is 0.245. The lowest BCUT2D eigenvalue weighted by Gasteiger charge is -2.27. The second-order valence-electron chi connectivity index (χ2n) is 5.86. The van der Waals surface area contributed by atoms with Crippen molar-refractivity contribution in [1.29, 1.82) is 0 Å². The molecule has 5 heteroatoms. The molecular weight excluding hydrogens is 291 g/mol. The first-order valence-corrected chi connectivity index (χ1v) is 7.73. The number of nitrogens with zero attached hydrogens (tertiary/aromatic N) is 3. The second-order valence-corrected chi connectivity index (χ2v) is 5.86. The summed E-state index contributed by atoms with van der Waals surface area (Å²) in [4.78, 5) is 6.44. The van der Waals surface area contributed by atoms with Crippen molar-refractivity contribution in [2.75, 3.05) is 6.54 Å². The van der Waals surface area contributed by atoms with E-state index in [1.54, 1.807) is 6.07 Å². The van der Waals surface area contributed by atoms with Gasteiger partial charge in [-0.25, -0.2) is 4.39 Å². The van der Waals surface area contributed by atoms with E-state index in [1.165, 1.54) is 23.3 Å². The van der Waals surface area contributed by atoms with Crippen molar-refractivity contribution in [3.8, 4) is 11.3 Å². The molecule has 4 rings (SSSR count). The molecule has 0 amide bonds. The maximum absolute atomic E-state index is 13.5. The van der Waals surface area contributed by atoms with Gasteiger partial charge in [-0.3, -0.25) is 15.0 Å². The summed E-state index contributed by atoms with van der Waals surface area (Å²) in [5.74, 6) is -0.233. The van der Waals surface area contributed by atoms with Crippen LogP contribution in [0.25, 0.3) is 11.3 Å². The number of benzene rings is 1. The summed E-state index contributed by atoms with van der Waals surface area (Å²) in [5.41, 5.74) is 5.28. The first kappa shape index (κ1) is 14.1. The van der Waals surface area contributed by atoms with Gasteiger partial charge in [0, 0.05) is 55.3 Å². The van der Waals surface area contributed by atoms with Gasteiger partial charge in [0.15, 0.2) is 0 Å². The van der Waals surface area contributed by atoms with Gasteiger partial charge in [0.1, 0.15) is 5.82 Å². The highest BCUT2D eigenvalue weighted by Gasteiger charge is 2.22. The molecule has 0 bridgehead atoms. The molecule has 4 nitrogen and oxygen atoms in total. The van der Waals surface area contributed by atoms with Crippen LogP contribution < -0.4 is 0 Å². The lowest BCUT2D eigenvalue weighted by atomic mass is 10.0. The number of hydrogen-bond acceptors (Lipinski definition) is 3. The Labute approximate surface area is 134 Å². The zero-order chi connectivity index (χ0) is 15.6. The zero-order valence-electron chi connectivity index (χ0n) is 12.7. The topological polar surface area (TPSA) is 44.8 Å². The van der Waals surface area contributed by atoms with Gasteiger partial charge in [-0.15, -0.1) is 0 Å². The summed E-state index contributed by atoms with van der Waals surface area (Å²) in [6.07, 6.45) is 4.57. The van der Waals surface area contributed by atoms with E-state index in [-0.39, 0.29) is 5.82 Å². The highest BCUT2D eigenvalue weighted by Crippen LogP contribution is 2.29. The molecule has 0 radical (unpaired) electrons. The third-order valence-corrected chi connectivity index (χ3v) is 4.27. The minimum atomic E-state index is -0.233. The van der Waals surface area contributed by atoms with Crippen LogP contribution in [0.3, 0.4) is 0 Å². The van der Waals surface area contributed by atoms with Crippen molar-refractivity contribution >= 4 is 0 Å². The average molecular weight is 308 g/mol. The van der Waals surface area contributed by atoms with E-state index in [1.807, 2.05) is 30.6 Å². The molecule has 116 valence electrons. The Morgan fingerprint density at radius 1 is 1.17 bits per heavy atom. The molecule has 0 fully saturated rings. The number of rotatable bonds is 3. The van der Waals surface area contributed by atoms with Crippen LogP contribution in [0.2, 0.25) is 0 Å². The third kappa shape index (κ3) is 2.87. The molecule has 1 aliphatic heterocycles. The molecule has 1 aromatic carbocycles. The van der Waals surface area contributed by atoms with Crippen LogP contribution in [0.5, 0.6) is 0 Å². The number of aromatic nitrogens is 3. The van der Waals surface area contributed by atoms with Gasteiger partial charge >= 0.3 is 0 Å². The Balaban J connectivity index is 1.60. The first-order chi connectivity index (χ1) is 11.3. The summed E-state index contributed by atoms with van der Waals surface area (Å²) < 4.78 is 13.5. The van der Waals surface area contributed by atoms with Crippen LogP contribution in [-0.2, 0) is 19.5 Å². The first-order valence-electron chi connectivity index (χ1n) is 7.73. The minimum Gasteiger partial charge on any atom is -0.294 e. The van der Waals surface area contributed by atoms with Crippen molar-refractivity contribution in [2.24, 2.45) is 0 Å². The number of fused-ring (bicyclic) bond motifs is 1. The largest absolute Gasteiger partial charge is 0.294 e. The van der Waals surface area contributed by atoms with Gasteiger partial charge in [0.25, 0.3) is 0 Å². The van der Waals surface area contributed by atoms with Crippen LogP contribution in [0.4, 0.5) is 4.39 Å². The summed E-state index contributed by atoms with van der Waals surface area (Å²) in [6.45, 7) is 2.69. The highest BCUT2D eigenvalue weighted by atomic mass is 19.1. The van der Waals surface area contributed by atoms with Crippen LogP contribution in [0, 0.1) is 5.82 Å². The molecule has 1 aliphatic rings. The Morgan fingerprint density at radius 2 is 2.04 bits per heavy atom. The Kier molecular flexibility index (Phi) is 3.63. The number of halogens is 1. The van der Waals surface area contributed by atoms with E-state index in [0.29, 0.717) is 0 Å².